The summed E-state index contributed by atoms with van der Waals surface area (Å²) in [5.74, 6) is -0.132. The first-order valence-corrected chi connectivity index (χ1v) is 8.54. The summed E-state index contributed by atoms with van der Waals surface area (Å²) in [5, 5.41) is 0. The molecule has 5 heteroatoms. The van der Waals surface area contributed by atoms with E-state index in [0.29, 0.717) is 5.57 Å². The van der Waals surface area contributed by atoms with Gasteiger partial charge in [0.15, 0.2) is 0 Å². The van der Waals surface area contributed by atoms with Crippen LogP contribution in [0.2, 0.25) is 0 Å². The third kappa shape index (κ3) is 3.09. The van der Waals surface area contributed by atoms with Gasteiger partial charge in [-0.25, -0.2) is 4.79 Å². The summed E-state index contributed by atoms with van der Waals surface area (Å²) in [4.78, 5) is 12.0. The molecule has 21 heavy (non-hydrogen) atoms. The van der Waals surface area contributed by atoms with E-state index >= 15 is 0 Å². The molecule has 0 saturated carbocycles. The van der Waals surface area contributed by atoms with Gasteiger partial charge < -0.3 is 9.29 Å². The number of esters is 1. The highest BCUT2D eigenvalue weighted by Gasteiger charge is 2.38. The van der Waals surface area contributed by atoms with Crippen molar-refractivity contribution in [1.82, 2.24) is 0 Å². The maximum atomic E-state index is 13.1. The summed E-state index contributed by atoms with van der Waals surface area (Å²) < 4.78 is 22.1. The summed E-state index contributed by atoms with van der Waals surface area (Å²) in [6.45, 7) is 5.74. The number of rotatable bonds is 2. The first-order valence-electron chi connectivity index (χ1n) is 6.85. The fourth-order valence-corrected chi connectivity index (χ4v) is 4.06. The SMILES string of the molecule is COC(=O)C1=CC[S+]([O-])(C(C)(C)C)=N[C@H]1c1ccccc1. The first kappa shape index (κ1) is 15.9. The van der Waals surface area contributed by atoms with Crippen molar-refractivity contribution in [3.8, 4) is 0 Å². The molecule has 0 fully saturated rings. The average molecular weight is 307 g/mol. The minimum Gasteiger partial charge on any atom is -0.630 e. The van der Waals surface area contributed by atoms with Crippen molar-refractivity contribution in [3.63, 3.8) is 0 Å². The highest BCUT2D eigenvalue weighted by atomic mass is 32.3. The van der Waals surface area contributed by atoms with Crippen LogP contribution in [0, 0.1) is 0 Å². The van der Waals surface area contributed by atoms with Gasteiger partial charge in [0.2, 0.25) is 0 Å². The molecule has 1 aromatic carbocycles. The van der Waals surface area contributed by atoms with Crippen molar-refractivity contribution < 1.29 is 14.1 Å². The highest BCUT2D eigenvalue weighted by molar-refractivity contribution is 8.01. The number of methoxy groups -OCH3 is 1. The molecule has 1 unspecified atom stereocenters. The van der Waals surface area contributed by atoms with Gasteiger partial charge in [-0.3, -0.25) is 0 Å². The summed E-state index contributed by atoms with van der Waals surface area (Å²) >= 11 is 0. The second-order valence-electron chi connectivity index (χ2n) is 5.99. The molecule has 114 valence electrons. The van der Waals surface area contributed by atoms with E-state index in [0.717, 1.165) is 5.56 Å². The zero-order valence-corrected chi connectivity index (χ0v) is 13.6. The molecule has 0 amide bonds. The van der Waals surface area contributed by atoms with E-state index in [1.807, 2.05) is 51.1 Å². The van der Waals surface area contributed by atoms with Gasteiger partial charge in [0.05, 0.1) is 12.7 Å². The summed E-state index contributed by atoms with van der Waals surface area (Å²) in [7, 11) is -1.09. The minimum absolute atomic E-state index is 0.282. The van der Waals surface area contributed by atoms with Crippen LogP contribution in [-0.4, -0.2) is 28.1 Å². The minimum atomic E-state index is -2.44. The van der Waals surface area contributed by atoms with Crippen LogP contribution in [-0.2, 0) is 19.6 Å². The Kier molecular flexibility index (Phi) is 4.35. The fraction of sp³-hybridized carbons (Fsp3) is 0.438. The Morgan fingerprint density at radius 3 is 2.48 bits per heavy atom. The molecule has 0 bridgehead atoms. The molecule has 0 spiro atoms. The Morgan fingerprint density at radius 2 is 1.95 bits per heavy atom. The van der Waals surface area contributed by atoms with E-state index in [1.54, 1.807) is 6.08 Å². The molecule has 0 aromatic heterocycles. The third-order valence-electron chi connectivity index (χ3n) is 3.59. The van der Waals surface area contributed by atoms with Gasteiger partial charge in [0.25, 0.3) is 0 Å². The van der Waals surface area contributed by atoms with E-state index in [2.05, 4.69) is 4.36 Å². The van der Waals surface area contributed by atoms with Crippen LogP contribution in [0.15, 0.2) is 46.3 Å². The van der Waals surface area contributed by atoms with Gasteiger partial charge >= 0.3 is 5.97 Å². The van der Waals surface area contributed by atoms with Crippen molar-refractivity contribution in [2.24, 2.45) is 4.36 Å². The van der Waals surface area contributed by atoms with Gasteiger partial charge in [0.1, 0.15) is 16.5 Å². The maximum Gasteiger partial charge on any atom is 0.336 e. The van der Waals surface area contributed by atoms with Crippen LogP contribution in [0.4, 0.5) is 0 Å². The van der Waals surface area contributed by atoms with Gasteiger partial charge in [-0.1, -0.05) is 40.4 Å². The topological polar surface area (TPSA) is 61.7 Å². The molecule has 0 radical (unpaired) electrons. The number of carbonyl (C=O) groups excluding carboxylic acids is 1. The molecule has 2 rings (SSSR count). The van der Waals surface area contributed by atoms with Crippen LogP contribution < -0.4 is 0 Å². The van der Waals surface area contributed by atoms with E-state index in [-0.39, 0.29) is 5.75 Å². The maximum absolute atomic E-state index is 13.1. The largest absolute Gasteiger partial charge is 0.630 e. The van der Waals surface area contributed by atoms with Crippen LogP contribution in [0.25, 0.3) is 0 Å². The normalized spacial score (nSPS) is 25.8. The molecule has 1 aliphatic heterocycles. The van der Waals surface area contributed by atoms with Crippen molar-refractivity contribution >= 4 is 16.1 Å². The number of carbonyl (C=O) groups is 1. The lowest BCUT2D eigenvalue weighted by Crippen LogP contribution is -2.39. The van der Waals surface area contributed by atoms with Gasteiger partial charge in [-0.2, -0.15) is 0 Å². The smallest absolute Gasteiger partial charge is 0.336 e. The standard InChI is InChI=1S/C16H21NO3S/c1-16(2,3)21(19)11-10-13(15(18)20-4)14(17-21)12-8-6-5-7-9-12/h5-10,14H,11H2,1-4H3/t14-,21?/m0/s1. The molecule has 0 aliphatic carbocycles. The Bertz CT molecular complexity index is 614. The monoisotopic (exact) mass is 307 g/mol. The Morgan fingerprint density at radius 1 is 1.33 bits per heavy atom. The van der Waals surface area contributed by atoms with Gasteiger partial charge in [-0.05, 0) is 32.4 Å². The lowest BCUT2D eigenvalue weighted by atomic mass is 9.99. The third-order valence-corrected chi connectivity index (χ3v) is 6.68. The first-order chi connectivity index (χ1) is 9.78. The van der Waals surface area contributed by atoms with E-state index in [9.17, 15) is 9.35 Å². The van der Waals surface area contributed by atoms with Gasteiger partial charge in [-0.15, -0.1) is 4.36 Å². The van der Waals surface area contributed by atoms with Crippen molar-refractivity contribution in [3.05, 3.63) is 47.5 Å². The number of hydrogen-bond acceptors (Lipinski definition) is 4. The van der Waals surface area contributed by atoms with Crippen molar-refractivity contribution in [2.45, 2.75) is 31.6 Å². The number of ether oxygens (including phenoxy) is 1. The molecular formula is C16H21NO3S. The highest BCUT2D eigenvalue weighted by Crippen LogP contribution is 2.38. The number of benzene rings is 1. The molecular weight excluding hydrogens is 286 g/mol. The molecule has 4 nitrogen and oxygen atoms in total. The Balaban J connectivity index is 2.53. The van der Waals surface area contributed by atoms with Crippen molar-refractivity contribution in [2.75, 3.05) is 12.9 Å². The molecule has 2 atom stereocenters. The van der Waals surface area contributed by atoms with Gasteiger partial charge in [0, 0.05) is 0 Å². The second kappa shape index (κ2) is 5.73. The lowest BCUT2D eigenvalue weighted by Gasteiger charge is -2.37. The quantitative estimate of drug-likeness (QED) is 0.623. The number of nitrogens with zero attached hydrogens (tertiary/aromatic N) is 1. The van der Waals surface area contributed by atoms with Crippen LogP contribution >= 0.6 is 0 Å². The van der Waals surface area contributed by atoms with E-state index < -0.39 is 26.9 Å². The predicted molar refractivity (Wildman–Crippen MR) is 84.5 cm³/mol. The van der Waals surface area contributed by atoms with Crippen LogP contribution in [0.1, 0.15) is 32.4 Å². The second-order valence-corrected chi connectivity index (χ2v) is 9.04. The van der Waals surface area contributed by atoms with E-state index in [4.69, 9.17) is 4.74 Å². The zero-order chi connectivity index (χ0) is 15.7. The molecule has 0 saturated heterocycles. The lowest BCUT2D eigenvalue weighted by molar-refractivity contribution is -0.136. The zero-order valence-electron chi connectivity index (χ0n) is 12.8. The van der Waals surface area contributed by atoms with Crippen LogP contribution in [0.5, 0.6) is 0 Å². The average Bonchev–Trinajstić information content (AvgIpc) is 2.46. The molecule has 0 N–H and O–H groups in total. The number of hydrogen-bond donors (Lipinski definition) is 0. The Labute approximate surface area is 127 Å². The Hall–Kier alpha value is -1.46. The predicted octanol–water partition coefficient (Wildman–Crippen LogP) is 3.11. The summed E-state index contributed by atoms with van der Waals surface area (Å²) in [6.07, 6.45) is 1.73. The van der Waals surface area contributed by atoms with Crippen molar-refractivity contribution in [1.29, 1.82) is 0 Å². The molecule has 1 heterocycles. The summed E-state index contributed by atoms with van der Waals surface area (Å²) in [5.41, 5.74) is 1.32. The molecule has 1 aromatic rings. The van der Waals surface area contributed by atoms with Crippen LogP contribution in [0.3, 0.4) is 0 Å². The fourth-order valence-electron chi connectivity index (χ4n) is 2.18. The van der Waals surface area contributed by atoms with E-state index in [1.165, 1.54) is 7.11 Å². The summed E-state index contributed by atoms with van der Waals surface area (Å²) in [6, 6.07) is 8.91. The molecule has 1 aliphatic rings.